The third-order valence-corrected chi connectivity index (χ3v) is 6.29. The fraction of sp³-hybridized carbons (Fsp3) is 0.280. The maximum Gasteiger partial charge on any atom is 0.205 e. The summed E-state index contributed by atoms with van der Waals surface area (Å²) in [6, 6.07) is 11.2. The zero-order chi connectivity index (χ0) is 23.9. The van der Waals surface area contributed by atoms with E-state index < -0.39 is 5.92 Å². The fourth-order valence-electron chi connectivity index (χ4n) is 4.24. The van der Waals surface area contributed by atoms with Crippen LogP contribution in [-0.2, 0) is 16.1 Å². The van der Waals surface area contributed by atoms with E-state index in [0.717, 1.165) is 5.56 Å². The van der Waals surface area contributed by atoms with Crippen LogP contribution >= 0.6 is 23.2 Å². The molecule has 1 aliphatic heterocycles. The summed E-state index contributed by atoms with van der Waals surface area (Å²) in [4.78, 5) is 13.1. The van der Waals surface area contributed by atoms with Crippen LogP contribution in [0.5, 0.6) is 5.75 Å². The molecule has 33 heavy (non-hydrogen) atoms. The van der Waals surface area contributed by atoms with Crippen molar-refractivity contribution in [1.29, 1.82) is 5.26 Å². The van der Waals surface area contributed by atoms with Crippen LogP contribution in [0.4, 0.5) is 4.39 Å². The third-order valence-electron chi connectivity index (χ3n) is 5.73. The molecule has 2 aliphatic rings. The second-order valence-electron chi connectivity index (χ2n) is 8.93. The SMILES string of the molecule is CC1(C)CC(=O)C2=C(C1)OC(N)=C(C#N)[C@H]2c1cc(Cl)c(OCc2ccc(F)cc2)c(Cl)c1. The van der Waals surface area contributed by atoms with Crippen molar-refractivity contribution in [2.75, 3.05) is 0 Å². The number of Topliss-reactive ketones (excluding diaryl/α,β-unsaturated/α-hetero) is 1. The van der Waals surface area contributed by atoms with E-state index >= 15 is 0 Å². The van der Waals surface area contributed by atoms with Crippen LogP contribution in [0.15, 0.2) is 59.2 Å². The first-order valence-electron chi connectivity index (χ1n) is 10.3. The van der Waals surface area contributed by atoms with Crippen LogP contribution in [0.2, 0.25) is 10.0 Å². The van der Waals surface area contributed by atoms with Crippen LogP contribution in [-0.4, -0.2) is 5.78 Å². The van der Waals surface area contributed by atoms with E-state index in [1.165, 1.54) is 12.1 Å². The molecule has 1 heterocycles. The number of hydrogen-bond acceptors (Lipinski definition) is 5. The summed E-state index contributed by atoms with van der Waals surface area (Å²) in [6.07, 6.45) is 0.842. The number of nitrogens with zero attached hydrogens (tertiary/aromatic N) is 1. The van der Waals surface area contributed by atoms with Gasteiger partial charge in [0.05, 0.1) is 16.0 Å². The highest BCUT2D eigenvalue weighted by Gasteiger charge is 2.43. The van der Waals surface area contributed by atoms with Crippen molar-refractivity contribution in [3.05, 3.63) is 86.2 Å². The average molecular weight is 487 g/mol. The van der Waals surface area contributed by atoms with Crippen molar-refractivity contribution in [2.45, 2.75) is 39.2 Å². The Balaban J connectivity index is 1.71. The molecule has 0 unspecified atom stereocenters. The molecule has 0 saturated carbocycles. The molecule has 0 aromatic heterocycles. The summed E-state index contributed by atoms with van der Waals surface area (Å²) in [5.41, 5.74) is 7.61. The highest BCUT2D eigenvalue weighted by molar-refractivity contribution is 6.37. The minimum absolute atomic E-state index is 0.0318. The molecule has 1 aliphatic carbocycles. The molecule has 0 bridgehead atoms. The van der Waals surface area contributed by atoms with E-state index in [9.17, 15) is 14.4 Å². The predicted molar refractivity (Wildman–Crippen MR) is 123 cm³/mol. The van der Waals surface area contributed by atoms with Gasteiger partial charge in [0.2, 0.25) is 5.88 Å². The van der Waals surface area contributed by atoms with Crippen LogP contribution in [0.25, 0.3) is 0 Å². The summed E-state index contributed by atoms with van der Waals surface area (Å²) < 4.78 is 24.6. The maximum absolute atomic E-state index is 13.1. The molecule has 0 saturated heterocycles. The molecule has 170 valence electrons. The lowest BCUT2D eigenvalue weighted by atomic mass is 9.70. The van der Waals surface area contributed by atoms with E-state index in [1.807, 2.05) is 13.8 Å². The number of carbonyl (C=O) groups is 1. The number of nitriles is 1. The number of halogens is 3. The van der Waals surface area contributed by atoms with Gasteiger partial charge in [0.1, 0.15) is 29.8 Å². The number of rotatable bonds is 4. The van der Waals surface area contributed by atoms with Crippen LogP contribution in [0, 0.1) is 22.6 Å². The zero-order valence-electron chi connectivity index (χ0n) is 18.0. The first kappa shape index (κ1) is 23.2. The van der Waals surface area contributed by atoms with Crippen molar-refractivity contribution in [3.63, 3.8) is 0 Å². The molecule has 2 aromatic carbocycles. The maximum atomic E-state index is 13.1. The van der Waals surface area contributed by atoms with Crippen LogP contribution < -0.4 is 10.5 Å². The van der Waals surface area contributed by atoms with Gasteiger partial charge in [-0.15, -0.1) is 0 Å². The molecule has 1 atom stereocenters. The van der Waals surface area contributed by atoms with Crippen molar-refractivity contribution < 1.29 is 18.7 Å². The molecule has 8 heteroatoms. The minimum atomic E-state index is -0.733. The summed E-state index contributed by atoms with van der Waals surface area (Å²) >= 11 is 13.0. The first-order valence-corrected chi connectivity index (χ1v) is 11.1. The molecule has 0 amide bonds. The van der Waals surface area contributed by atoms with Gasteiger partial charge in [0, 0.05) is 18.4 Å². The fourth-order valence-corrected chi connectivity index (χ4v) is 4.85. The van der Waals surface area contributed by atoms with Gasteiger partial charge in [0.15, 0.2) is 11.5 Å². The standard InChI is InChI=1S/C25H21Cl2FN2O3/c1-25(2)9-19(31)22-20(10-25)33-24(30)16(11-29)21(22)14-7-17(26)23(18(27)8-14)32-12-13-3-5-15(28)6-4-13/h3-8,21H,9-10,12,30H2,1-2H3/t21-/m1/s1. The largest absolute Gasteiger partial charge is 0.486 e. The van der Waals surface area contributed by atoms with Gasteiger partial charge >= 0.3 is 0 Å². The van der Waals surface area contributed by atoms with Crippen LogP contribution in [0.3, 0.4) is 0 Å². The Kier molecular flexibility index (Phi) is 6.13. The van der Waals surface area contributed by atoms with E-state index in [1.54, 1.807) is 24.3 Å². The lowest BCUT2D eigenvalue weighted by Gasteiger charge is -2.37. The molecule has 0 radical (unpaired) electrons. The number of hydrogen-bond donors (Lipinski definition) is 1. The summed E-state index contributed by atoms with van der Waals surface area (Å²) in [5.74, 6) is -0.485. The van der Waals surface area contributed by atoms with Gasteiger partial charge in [-0.3, -0.25) is 4.79 Å². The number of ketones is 1. The normalized spacial score (nSPS) is 19.6. The second-order valence-corrected chi connectivity index (χ2v) is 9.75. The number of carbonyl (C=O) groups excluding carboxylic acids is 1. The Bertz CT molecular complexity index is 1220. The molecular formula is C25H21Cl2FN2O3. The van der Waals surface area contributed by atoms with E-state index in [-0.39, 0.29) is 50.9 Å². The van der Waals surface area contributed by atoms with E-state index in [2.05, 4.69) is 6.07 Å². The summed E-state index contributed by atoms with van der Waals surface area (Å²) in [7, 11) is 0. The van der Waals surface area contributed by atoms with Crippen molar-refractivity contribution in [1.82, 2.24) is 0 Å². The lowest BCUT2D eigenvalue weighted by Crippen LogP contribution is -2.33. The molecule has 2 N–H and O–H groups in total. The monoisotopic (exact) mass is 486 g/mol. The molecule has 4 rings (SSSR count). The first-order chi connectivity index (χ1) is 15.6. The molecule has 2 aromatic rings. The number of benzene rings is 2. The van der Waals surface area contributed by atoms with Crippen molar-refractivity contribution in [3.8, 4) is 11.8 Å². The van der Waals surface area contributed by atoms with Gasteiger partial charge in [-0.05, 0) is 40.8 Å². The summed E-state index contributed by atoms with van der Waals surface area (Å²) in [6.45, 7) is 4.09. The van der Waals surface area contributed by atoms with Gasteiger partial charge in [-0.1, -0.05) is 49.2 Å². The third kappa shape index (κ3) is 4.57. The van der Waals surface area contributed by atoms with E-state index in [0.29, 0.717) is 29.7 Å². The number of nitrogens with two attached hydrogens (primary N) is 1. The zero-order valence-corrected chi connectivity index (χ0v) is 19.6. The highest BCUT2D eigenvalue weighted by atomic mass is 35.5. The second kappa shape index (κ2) is 8.74. The Labute approximate surface area is 201 Å². The Morgan fingerprint density at radius 1 is 1.21 bits per heavy atom. The number of ether oxygens (including phenoxy) is 2. The Hall–Kier alpha value is -3.01. The van der Waals surface area contributed by atoms with Gasteiger partial charge in [0.25, 0.3) is 0 Å². The van der Waals surface area contributed by atoms with Crippen molar-refractivity contribution >= 4 is 29.0 Å². The quantitative estimate of drug-likeness (QED) is 0.558. The molecule has 0 spiro atoms. The topological polar surface area (TPSA) is 85.3 Å². The van der Waals surface area contributed by atoms with Gasteiger partial charge < -0.3 is 15.2 Å². The molecular weight excluding hydrogens is 466 g/mol. The smallest absolute Gasteiger partial charge is 0.205 e. The highest BCUT2D eigenvalue weighted by Crippen LogP contribution is 2.49. The predicted octanol–water partition coefficient (Wildman–Crippen LogP) is 6.16. The van der Waals surface area contributed by atoms with E-state index in [4.69, 9.17) is 38.4 Å². The lowest BCUT2D eigenvalue weighted by molar-refractivity contribution is -0.119. The number of allylic oxidation sites excluding steroid dienone is 3. The van der Waals surface area contributed by atoms with Crippen LogP contribution in [0.1, 0.15) is 43.7 Å². The Morgan fingerprint density at radius 2 is 1.85 bits per heavy atom. The van der Waals surface area contributed by atoms with Gasteiger partial charge in [-0.25, -0.2) is 4.39 Å². The summed E-state index contributed by atoms with van der Waals surface area (Å²) in [5, 5.41) is 10.2. The van der Waals surface area contributed by atoms with Crippen molar-refractivity contribution in [2.24, 2.45) is 11.1 Å². The average Bonchev–Trinajstić information content (AvgIpc) is 2.72. The molecule has 0 fully saturated rings. The Morgan fingerprint density at radius 3 is 2.45 bits per heavy atom. The molecule has 5 nitrogen and oxygen atoms in total. The van der Waals surface area contributed by atoms with Gasteiger partial charge in [-0.2, -0.15) is 5.26 Å². The minimum Gasteiger partial charge on any atom is -0.486 e.